The van der Waals surface area contributed by atoms with Crippen molar-refractivity contribution in [3.05, 3.63) is 81.8 Å². The van der Waals surface area contributed by atoms with Gasteiger partial charge in [0.2, 0.25) is 0 Å². The molecule has 0 fully saturated rings. The number of methoxy groups -OCH3 is 1. The number of nitrogens with one attached hydrogen (secondary N) is 2. The van der Waals surface area contributed by atoms with Crippen LogP contribution in [0.4, 0.5) is 8.78 Å². The van der Waals surface area contributed by atoms with Gasteiger partial charge < -0.3 is 15.2 Å². The Morgan fingerprint density at radius 1 is 1.17 bits per heavy atom. The second-order valence-electron chi connectivity index (χ2n) is 6.31. The molecule has 0 saturated carbocycles. The van der Waals surface area contributed by atoms with E-state index in [0.717, 1.165) is 22.9 Å². The predicted octanol–water partition coefficient (Wildman–Crippen LogP) is 2.40. The van der Waals surface area contributed by atoms with E-state index in [-0.39, 0.29) is 22.7 Å². The fraction of sp³-hybridized carbons (Fsp3) is 0.150. The lowest BCUT2D eigenvalue weighted by atomic mass is 10.0. The van der Waals surface area contributed by atoms with E-state index < -0.39 is 41.5 Å². The second kappa shape index (κ2) is 8.60. The number of carboxylic acid groups (broad SMARTS) is 1. The lowest BCUT2D eigenvalue weighted by Crippen LogP contribution is -2.31. The number of aromatic nitrogens is 2. The number of para-hydroxylation sites is 1. The largest absolute Gasteiger partial charge is 0.497 e. The number of amides is 1. The molecule has 0 saturated heterocycles. The van der Waals surface area contributed by atoms with Crippen LogP contribution in [0.25, 0.3) is 5.69 Å². The van der Waals surface area contributed by atoms with Crippen LogP contribution >= 0.6 is 0 Å². The van der Waals surface area contributed by atoms with E-state index in [1.54, 1.807) is 0 Å². The van der Waals surface area contributed by atoms with Crippen molar-refractivity contribution in [2.45, 2.75) is 12.5 Å². The first kappa shape index (κ1) is 20.8. The van der Waals surface area contributed by atoms with E-state index in [4.69, 9.17) is 9.84 Å². The van der Waals surface area contributed by atoms with E-state index in [1.165, 1.54) is 37.4 Å². The number of halogens is 2. The summed E-state index contributed by atoms with van der Waals surface area (Å²) in [4.78, 5) is 36.0. The molecule has 1 unspecified atom stereocenters. The standard InChI is InChI=1S/C20H17F2N3O5/c1-30-11-6-7-13(21)12(8-11)15(10-19(27)28)23-20(29)16-9-18(26)25(24-16)17-5-3-2-4-14(17)22/h2-9,15,24H,10H2,1H3,(H,23,29)(H,27,28). The Morgan fingerprint density at radius 2 is 1.90 bits per heavy atom. The average Bonchev–Trinajstić information content (AvgIpc) is 3.09. The normalized spacial score (nSPS) is 11.7. The maximum atomic E-state index is 14.3. The molecule has 0 spiro atoms. The molecule has 0 aliphatic carbocycles. The van der Waals surface area contributed by atoms with Gasteiger partial charge in [-0.25, -0.2) is 13.5 Å². The highest BCUT2D eigenvalue weighted by atomic mass is 19.1. The van der Waals surface area contributed by atoms with E-state index in [1.807, 2.05) is 0 Å². The van der Waals surface area contributed by atoms with Crippen molar-refractivity contribution >= 4 is 11.9 Å². The maximum Gasteiger partial charge on any atom is 0.305 e. The monoisotopic (exact) mass is 417 g/mol. The van der Waals surface area contributed by atoms with Gasteiger partial charge in [-0.2, -0.15) is 0 Å². The lowest BCUT2D eigenvalue weighted by molar-refractivity contribution is -0.137. The minimum atomic E-state index is -1.28. The van der Waals surface area contributed by atoms with Crippen LogP contribution in [0.2, 0.25) is 0 Å². The number of aromatic amines is 1. The number of hydrogen-bond acceptors (Lipinski definition) is 4. The summed E-state index contributed by atoms with van der Waals surface area (Å²) < 4.78 is 34.1. The van der Waals surface area contributed by atoms with Crippen LogP contribution in [0.3, 0.4) is 0 Å². The molecule has 3 N–H and O–H groups in total. The highest BCUT2D eigenvalue weighted by Gasteiger charge is 2.24. The zero-order chi connectivity index (χ0) is 21.8. The molecular weight excluding hydrogens is 400 g/mol. The van der Waals surface area contributed by atoms with Crippen molar-refractivity contribution in [2.24, 2.45) is 0 Å². The van der Waals surface area contributed by atoms with Crippen LogP contribution in [0.1, 0.15) is 28.5 Å². The van der Waals surface area contributed by atoms with Gasteiger partial charge in [-0.05, 0) is 30.3 Å². The molecule has 1 amide bonds. The van der Waals surface area contributed by atoms with Crippen molar-refractivity contribution in [1.82, 2.24) is 15.1 Å². The highest BCUT2D eigenvalue weighted by molar-refractivity contribution is 5.92. The number of carboxylic acids is 1. The van der Waals surface area contributed by atoms with E-state index in [2.05, 4.69) is 10.4 Å². The van der Waals surface area contributed by atoms with Gasteiger partial charge in [0, 0.05) is 11.6 Å². The van der Waals surface area contributed by atoms with Gasteiger partial charge in [-0.1, -0.05) is 12.1 Å². The van der Waals surface area contributed by atoms with Crippen LogP contribution < -0.4 is 15.6 Å². The first-order valence-corrected chi connectivity index (χ1v) is 8.73. The smallest absolute Gasteiger partial charge is 0.305 e. The van der Waals surface area contributed by atoms with Crippen molar-refractivity contribution in [2.75, 3.05) is 7.11 Å². The number of nitrogens with zero attached hydrogens (tertiary/aromatic N) is 1. The summed E-state index contributed by atoms with van der Waals surface area (Å²) in [5, 5.41) is 14.0. The van der Waals surface area contributed by atoms with Crippen LogP contribution in [0, 0.1) is 11.6 Å². The summed E-state index contributed by atoms with van der Waals surface area (Å²) in [5.74, 6) is -3.29. The minimum absolute atomic E-state index is 0.0949. The maximum absolute atomic E-state index is 14.3. The van der Waals surface area contributed by atoms with Crippen molar-refractivity contribution in [1.29, 1.82) is 0 Å². The zero-order valence-electron chi connectivity index (χ0n) is 15.7. The third-order valence-corrected chi connectivity index (χ3v) is 4.32. The number of carbonyl (C=O) groups excluding carboxylic acids is 1. The van der Waals surface area contributed by atoms with Crippen LogP contribution in [0.5, 0.6) is 5.75 Å². The Morgan fingerprint density at radius 3 is 2.57 bits per heavy atom. The molecule has 156 valence electrons. The van der Waals surface area contributed by atoms with Gasteiger partial charge in [0.25, 0.3) is 11.5 Å². The molecule has 8 nitrogen and oxygen atoms in total. The fourth-order valence-electron chi connectivity index (χ4n) is 2.89. The fourth-order valence-corrected chi connectivity index (χ4v) is 2.89. The second-order valence-corrected chi connectivity index (χ2v) is 6.31. The number of H-pyrrole nitrogens is 1. The summed E-state index contributed by atoms with van der Waals surface area (Å²) in [6.45, 7) is 0. The Kier molecular flexibility index (Phi) is 5.95. The molecule has 30 heavy (non-hydrogen) atoms. The summed E-state index contributed by atoms with van der Waals surface area (Å²) in [6, 6.07) is 8.85. The summed E-state index contributed by atoms with van der Waals surface area (Å²) in [5.41, 5.74) is -1.14. The van der Waals surface area contributed by atoms with E-state index in [9.17, 15) is 23.2 Å². The molecular formula is C20H17F2N3O5. The zero-order valence-corrected chi connectivity index (χ0v) is 15.7. The number of rotatable bonds is 7. The minimum Gasteiger partial charge on any atom is -0.497 e. The Balaban J connectivity index is 1.92. The third-order valence-electron chi connectivity index (χ3n) is 4.32. The summed E-state index contributed by atoms with van der Waals surface area (Å²) in [7, 11) is 1.36. The molecule has 0 radical (unpaired) electrons. The van der Waals surface area contributed by atoms with Crippen LogP contribution in [-0.4, -0.2) is 33.9 Å². The molecule has 10 heteroatoms. The van der Waals surface area contributed by atoms with Gasteiger partial charge in [0.05, 0.1) is 19.6 Å². The number of benzene rings is 2. The molecule has 2 aromatic carbocycles. The molecule has 1 heterocycles. The predicted molar refractivity (Wildman–Crippen MR) is 102 cm³/mol. The van der Waals surface area contributed by atoms with Gasteiger partial charge in [0.15, 0.2) is 0 Å². The first-order valence-electron chi connectivity index (χ1n) is 8.73. The topological polar surface area (TPSA) is 113 Å². The number of ether oxygens (including phenoxy) is 1. The van der Waals surface area contributed by atoms with Crippen molar-refractivity contribution in [3.63, 3.8) is 0 Å². The molecule has 3 aromatic rings. The van der Waals surface area contributed by atoms with Crippen LogP contribution in [0.15, 0.2) is 53.3 Å². The highest BCUT2D eigenvalue weighted by Crippen LogP contribution is 2.25. The number of carbonyl (C=O) groups is 2. The van der Waals surface area contributed by atoms with Gasteiger partial charge in [-0.15, -0.1) is 0 Å². The van der Waals surface area contributed by atoms with Gasteiger partial charge in [-0.3, -0.25) is 19.5 Å². The lowest BCUT2D eigenvalue weighted by Gasteiger charge is -2.18. The summed E-state index contributed by atoms with van der Waals surface area (Å²) in [6.07, 6.45) is -0.617. The molecule has 1 aromatic heterocycles. The van der Waals surface area contributed by atoms with Gasteiger partial charge in [0.1, 0.15) is 28.8 Å². The third kappa shape index (κ3) is 4.37. The number of hydrogen-bond donors (Lipinski definition) is 3. The SMILES string of the molecule is COc1ccc(F)c(C(CC(=O)O)NC(=O)c2cc(=O)n(-c3ccccc3F)[nH]2)c1. The Hall–Kier alpha value is -3.95. The van der Waals surface area contributed by atoms with Crippen molar-refractivity contribution in [3.8, 4) is 11.4 Å². The van der Waals surface area contributed by atoms with Crippen molar-refractivity contribution < 1.29 is 28.2 Å². The Labute approximate surface area is 168 Å². The van der Waals surface area contributed by atoms with E-state index in [0.29, 0.717) is 0 Å². The molecule has 1 atom stereocenters. The number of aliphatic carboxylic acids is 1. The molecule has 3 rings (SSSR count). The molecule has 0 bridgehead atoms. The van der Waals surface area contributed by atoms with Gasteiger partial charge >= 0.3 is 5.97 Å². The first-order chi connectivity index (χ1) is 14.3. The molecule has 0 aliphatic heterocycles. The van der Waals surface area contributed by atoms with E-state index >= 15 is 0 Å². The van der Waals surface area contributed by atoms with Crippen LogP contribution in [-0.2, 0) is 4.79 Å². The summed E-state index contributed by atoms with van der Waals surface area (Å²) >= 11 is 0. The average molecular weight is 417 g/mol. The quantitative estimate of drug-likeness (QED) is 0.546. The Bertz CT molecular complexity index is 1160. The molecule has 0 aliphatic rings.